The van der Waals surface area contributed by atoms with Crippen LogP contribution in [0.4, 0.5) is 4.39 Å². The molecule has 0 amide bonds. The fraction of sp³-hybridized carbons (Fsp3) is 0.176. The van der Waals surface area contributed by atoms with Crippen LogP contribution in [-0.2, 0) is 17.5 Å². The number of benzene rings is 2. The van der Waals surface area contributed by atoms with Crippen LogP contribution in [0.25, 0.3) is 0 Å². The average molecular weight is 302 g/mol. The van der Waals surface area contributed by atoms with Gasteiger partial charge >= 0.3 is 0 Å². The van der Waals surface area contributed by atoms with E-state index in [1.165, 1.54) is 6.07 Å². The van der Waals surface area contributed by atoms with Gasteiger partial charge in [0.15, 0.2) is 11.1 Å². The topological polar surface area (TPSA) is 37.3 Å². The first-order valence-electron chi connectivity index (χ1n) is 6.50. The maximum Gasteiger partial charge on any atom is 0.153 e. The standard InChI is InChI=1S/C17H15FO2S/c1-13-4-2-3-5-15(13)8-6-14-7-9-16(17(18)12-14)10-11-21(19)20/h2-5,7,9,12H,10-11H2,1H3,(H,19,20). The second kappa shape index (κ2) is 7.16. The maximum atomic E-state index is 13.9. The predicted molar refractivity (Wildman–Crippen MR) is 82.9 cm³/mol. The summed E-state index contributed by atoms with van der Waals surface area (Å²) in [5.41, 5.74) is 3.01. The highest BCUT2D eigenvalue weighted by Gasteiger charge is 2.04. The van der Waals surface area contributed by atoms with Crippen molar-refractivity contribution in [1.29, 1.82) is 0 Å². The highest BCUT2D eigenvalue weighted by molar-refractivity contribution is 7.79. The van der Waals surface area contributed by atoms with Gasteiger partial charge in [-0.05, 0) is 42.7 Å². The third-order valence-electron chi connectivity index (χ3n) is 3.09. The lowest BCUT2D eigenvalue weighted by atomic mass is 10.1. The number of aryl methyl sites for hydroxylation is 2. The average Bonchev–Trinajstić information content (AvgIpc) is 2.45. The van der Waals surface area contributed by atoms with Gasteiger partial charge in [0.2, 0.25) is 0 Å². The Bertz CT molecular complexity index is 729. The fourth-order valence-electron chi connectivity index (χ4n) is 1.88. The molecule has 0 spiro atoms. The van der Waals surface area contributed by atoms with Crippen molar-refractivity contribution in [2.45, 2.75) is 13.3 Å². The van der Waals surface area contributed by atoms with Gasteiger partial charge in [-0.1, -0.05) is 36.1 Å². The molecule has 2 nitrogen and oxygen atoms in total. The van der Waals surface area contributed by atoms with Crippen LogP contribution in [0.1, 0.15) is 22.3 Å². The van der Waals surface area contributed by atoms with E-state index in [0.29, 0.717) is 11.1 Å². The fourth-order valence-corrected chi connectivity index (χ4v) is 2.27. The number of hydrogen-bond acceptors (Lipinski definition) is 1. The first-order chi connectivity index (χ1) is 10.1. The number of halogens is 1. The Morgan fingerprint density at radius 2 is 1.95 bits per heavy atom. The molecule has 108 valence electrons. The Labute approximate surface area is 126 Å². The van der Waals surface area contributed by atoms with Crippen molar-refractivity contribution in [1.82, 2.24) is 0 Å². The summed E-state index contributed by atoms with van der Waals surface area (Å²) in [7, 11) is 0. The Hall–Kier alpha value is -1.96. The molecular formula is C17H15FO2S. The summed E-state index contributed by atoms with van der Waals surface area (Å²) < 4.78 is 33.2. The molecule has 1 N–H and O–H groups in total. The second-order valence-corrected chi connectivity index (χ2v) is 5.70. The molecule has 0 saturated carbocycles. The van der Waals surface area contributed by atoms with E-state index < -0.39 is 16.9 Å². The van der Waals surface area contributed by atoms with E-state index in [9.17, 15) is 8.60 Å². The highest BCUT2D eigenvalue weighted by Crippen LogP contribution is 2.12. The zero-order chi connectivity index (χ0) is 15.2. The van der Waals surface area contributed by atoms with E-state index >= 15 is 0 Å². The van der Waals surface area contributed by atoms with E-state index in [0.717, 1.165) is 11.1 Å². The van der Waals surface area contributed by atoms with Crippen LogP contribution in [0.15, 0.2) is 42.5 Å². The normalized spacial score (nSPS) is 11.6. The molecule has 0 aromatic heterocycles. The molecule has 2 rings (SSSR count). The predicted octanol–water partition coefficient (Wildman–Crippen LogP) is 3.30. The lowest BCUT2D eigenvalue weighted by Gasteiger charge is -2.02. The van der Waals surface area contributed by atoms with E-state index in [-0.39, 0.29) is 12.2 Å². The molecule has 0 heterocycles. The van der Waals surface area contributed by atoms with Gasteiger partial charge in [-0.2, -0.15) is 0 Å². The summed E-state index contributed by atoms with van der Waals surface area (Å²) >= 11 is -1.91. The number of rotatable bonds is 3. The third kappa shape index (κ3) is 4.52. The smallest absolute Gasteiger partial charge is 0.153 e. The van der Waals surface area contributed by atoms with Crippen LogP contribution < -0.4 is 0 Å². The van der Waals surface area contributed by atoms with Crippen LogP contribution in [0.5, 0.6) is 0 Å². The lowest BCUT2D eigenvalue weighted by Crippen LogP contribution is -2.01. The van der Waals surface area contributed by atoms with Crippen molar-refractivity contribution in [3.8, 4) is 11.8 Å². The Morgan fingerprint density at radius 1 is 1.19 bits per heavy atom. The minimum Gasteiger partial charge on any atom is -0.306 e. The molecule has 0 aliphatic rings. The highest BCUT2D eigenvalue weighted by atomic mass is 32.2. The van der Waals surface area contributed by atoms with Crippen molar-refractivity contribution in [2.24, 2.45) is 0 Å². The van der Waals surface area contributed by atoms with Gasteiger partial charge in [0, 0.05) is 11.1 Å². The zero-order valence-corrected chi connectivity index (χ0v) is 12.4. The first-order valence-corrected chi connectivity index (χ1v) is 7.77. The minimum atomic E-state index is -1.91. The lowest BCUT2D eigenvalue weighted by molar-refractivity contribution is 0.562. The molecule has 1 unspecified atom stereocenters. The van der Waals surface area contributed by atoms with Gasteiger partial charge in [-0.25, -0.2) is 8.60 Å². The Balaban J connectivity index is 2.18. The van der Waals surface area contributed by atoms with Crippen LogP contribution in [0, 0.1) is 24.6 Å². The van der Waals surface area contributed by atoms with Crippen molar-refractivity contribution in [3.63, 3.8) is 0 Å². The van der Waals surface area contributed by atoms with E-state index in [2.05, 4.69) is 11.8 Å². The van der Waals surface area contributed by atoms with Crippen LogP contribution in [-0.4, -0.2) is 14.5 Å². The molecule has 0 fully saturated rings. The summed E-state index contributed by atoms with van der Waals surface area (Å²) in [5, 5.41) is 0. The molecule has 0 aliphatic carbocycles. The van der Waals surface area contributed by atoms with E-state index in [4.69, 9.17) is 4.55 Å². The van der Waals surface area contributed by atoms with Gasteiger partial charge in [-0.3, -0.25) is 0 Å². The Morgan fingerprint density at radius 3 is 2.62 bits per heavy atom. The van der Waals surface area contributed by atoms with Crippen molar-refractivity contribution < 1.29 is 13.2 Å². The van der Waals surface area contributed by atoms with Crippen molar-refractivity contribution >= 4 is 11.1 Å². The molecule has 0 bridgehead atoms. The van der Waals surface area contributed by atoms with E-state index in [1.54, 1.807) is 12.1 Å². The molecule has 0 saturated heterocycles. The SMILES string of the molecule is Cc1ccccc1C#Cc1ccc(CCS(=O)O)c(F)c1. The summed E-state index contributed by atoms with van der Waals surface area (Å²) in [4.78, 5) is 0. The Kier molecular flexibility index (Phi) is 5.26. The van der Waals surface area contributed by atoms with Gasteiger partial charge in [-0.15, -0.1) is 0 Å². The quantitative estimate of drug-likeness (QED) is 0.698. The minimum absolute atomic E-state index is 0.0329. The van der Waals surface area contributed by atoms with E-state index in [1.807, 2.05) is 31.2 Å². The van der Waals surface area contributed by atoms with Crippen LogP contribution in [0.2, 0.25) is 0 Å². The molecule has 0 aliphatic heterocycles. The summed E-state index contributed by atoms with van der Waals surface area (Å²) in [6.45, 7) is 1.97. The monoisotopic (exact) mass is 302 g/mol. The third-order valence-corrected chi connectivity index (χ3v) is 3.64. The molecule has 1 atom stereocenters. The summed E-state index contributed by atoms with van der Waals surface area (Å²) in [5.74, 6) is 5.60. The van der Waals surface area contributed by atoms with Gasteiger partial charge in [0.25, 0.3) is 0 Å². The molecular weight excluding hydrogens is 287 g/mol. The van der Waals surface area contributed by atoms with Gasteiger partial charge < -0.3 is 4.55 Å². The molecule has 0 radical (unpaired) electrons. The van der Waals surface area contributed by atoms with Gasteiger partial charge in [0.05, 0.1) is 5.75 Å². The molecule has 2 aromatic rings. The van der Waals surface area contributed by atoms with Crippen LogP contribution >= 0.6 is 0 Å². The largest absolute Gasteiger partial charge is 0.306 e. The van der Waals surface area contributed by atoms with Crippen molar-refractivity contribution in [2.75, 3.05) is 5.75 Å². The molecule has 21 heavy (non-hydrogen) atoms. The second-order valence-electron chi connectivity index (χ2n) is 4.65. The summed E-state index contributed by atoms with van der Waals surface area (Å²) in [6.07, 6.45) is 0.237. The molecule has 4 heteroatoms. The molecule has 2 aromatic carbocycles. The maximum absolute atomic E-state index is 13.9. The van der Waals surface area contributed by atoms with Crippen molar-refractivity contribution in [3.05, 3.63) is 70.5 Å². The number of hydrogen-bond donors (Lipinski definition) is 1. The first kappa shape index (κ1) is 15.4. The van der Waals surface area contributed by atoms with Crippen LogP contribution in [0.3, 0.4) is 0 Å². The van der Waals surface area contributed by atoms with Gasteiger partial charge in [0.1, 0.15) is 5.82 Å². The zero-order valence-electron chi connectivity index (χ0n) is 11.6. The summed E-state index contributed by atoms with van der Waals surface area (Å²) in [6, 6.07) is 12.5.